The maximum absolute atomic E-state index is 11.2. The predicted octanol–water partition coefficient (Wildman–Crippen LogP) is 2.21. The topological polar surface area (TPSA) is 34.9 Å². The zero-order valence-corrected chi connectivity index (χ0v) is 8.71. The molecule has 5 heteroatoms. The van der Waals surface area contributed by atoms with Gasteiger partial charge in [-0.2, -0.15) is 0 Å². The van der Waals surface area contributed by atoms with Crippen molar-refractivity contribution < 1.29 is 0 Å². The van der Waals surface area contributed by atoms with Gasteiger partial charge in [-0.1, -0.05) is 17.7 Å². The summed E-state index contributed by atoms with van der Waals surface area (Å²) in [6.45, 7) is 0. The molecular formula is C8H4BrClN2O. The molecule has 0 aliphatic carbocycles. The first kappa shape index (κ1) is 8.72. The number of fused-ring (bicyclic) bond motifs is 1. The van der Waals surface area contributed by atoms with E-state index in [2.05, 4.69) is 21.1 Å². The van der Waals surface area contributed by atoms with E-state index < -0.39 is 0 Å². The highest BCUT2D eigenvalue weighted by Gasteiger charge is 2.03. The standard InChI is InChI=1S/C8H4BrClN2O/c9-12-6-3-1-2-5(10)8(6)11-4-7(12)13/h1-4H. The number of halogens is 2. The van der Waals surface area contributed by atoms with Gasteiger partial charge in [0.25, 0.3) is 5.56 Å². The molecule has 1 aromatic carbocycles. The third-order valence-electron chi connectivity index (χ3n) is 1.67. The van der Waals surface area contributed by atoms with Crippen molar-refractivity contribution in [1.82, 2.24) is 8.58 Å². The summed E-state index contributed by atoms with van der Waals surface area (Å²) in [5.74, 6) is 0. The van der Waals surface area contributed by atoms with Crippen LogP contribution in [0.2, 0.25) is 5.02 Å². The molecule has 0 atom stereocenters. The molecule has 66 valence electrons. The van der Waals surface area contributed by atoms with Gasteiger partial charge >= 0.3 is 0 Å². The van der Waals surface area contributed by atoms with Crippen LogP contribution in [0.25, 0.3) is 11.0 Å². The molecule has 0 radical (unpaired) electrons. The van der Waals surface area contributed by atoms with Crippen molar-refractivity contribution in [3.8, 4) is 0 Å². The maximum atomic E-state index is 11.2. The maximum Gasteiger partial charge on any atom is 0.279 e. The molecule has 1 heterocycles. The van der Waals surface area contributed by atoms with Crippen LogP contribution in [-0.4, -0.2) is 8.58 Å². The molecular weight excluding hydrogens is 255 g/mol. The van der Waals surface area contributed by atoms with Crippen LogP contribution in [0.5, 0.6) is 0 Å². The van der Waals surface area contributed by atoms with Crippen LogP contribution < -0.4 is 5.56 Å². The van der Waals surface area contributed by atoms with Crippen molar-refractivity contribution in [2.45, 2.75) is 0 Å². The van der Waals surface area contributed by atoms with Gasteiger partial charge in [0.05, 0.1) is 32.9 Å². The second-order valence-electron chi connectivity index (χ2n) is 2.48. The lowest BCUT2D eigenvalue weighted by atomic mass is 10.3. The Morgan fingerprint density at radius 2 is 2.23 bits per heavy atom. The first-order valence-electron chi connectivity index (χ1n) is 3.52. The van der Waals surface area contributed by atoms with E-state index in [1.165, 1.54) is 9.79 Å². The van der Waals surface area contributed by atoms with Gasteiger partial charge in [-0.05, 0) is 12.1 Å². The summed E-state index contributed by atoms with van der Waals surface area (Å²) in [5, 5.41) is 0.533. The summed E-state index contributed by atoms with van der Waals surface area (Å²) in [5.41, 5.74) is 1.07. The molecule has 0 saturated carbocycles. The van der Waals surface area contributed by atoms with Crippen molar-refractivity contribution in [3.63, 3.8) is 0 Å². The van der Waals surface area contributed by atoms with Crippen molar-refractivity contribution in [2.24, 2.45) is 0 Å². The Morgan fingerprint density at radius 3 is 3.00 bits per heavy atom. The van der Waals surface area contributed by atoms with Crippen LogP contribution in [-0.2, 0) is 0 Å². The zero-order chi connectivity index (χ0) is 9.42. The molecule has 0 amide bonds. The smallest absolute Gasteiger partial charge is 0.267 e. The quantitative estimate of drug-likeness (QED) is 0.727. The summed E-state index contributed by atoms with van der Waals surface area (Å²) in [6, 6.07) is 5.27. The average molecular weight is 259 g/mol. The van der Waals surface area contributed by atoms with E-state index in [-0.39, 0.29) is 5.56 Å². The lowest BCUT2D eigenvalue weighted by Crippen LogP contribution is -2.12. The molecule has 2 rings (SSSR count). The highest BCUT2D eigenvalue weighted by Crippen LogP contribution is 2.19. The molecule has 3 nitrogen and oxygen atoms in total. The van der Waals surface area contributed by atoms with E-state index >= 15 is 0 Å². The lowest BCUT2D eigenvalue weighted by molar-refractivity contribution is 1.17. The fourth-order valence-electron chi connectivity index (χ4n) is 1.08. The fourth-order valence-corrected chi connectivity index (χ4v) is 1.68. The zero-order valence-electron chi connectivity index (χ0n) is 6.37. The predicted molar refractivity (Wildman–Crippen MR) is 55.3 cm³/mol. The van der Waals surface area contributed by atoms with Gasteiger partial charge in [-0.15, -0.1) is 0 Å². The van der Waals surface area contributed by atoms with Gasteiger partial charge in [-0.25, -0.2) is 8.58 Å². The number of hydrogen-bond donors (Lipinski definition) is 0. The van der Waals surface area contributed by atoms with Crippen LogP contribution in [0, 0.1) is 0 Å². The second-order valence-corrected chi connectivity index (χ2v) is 3.60. The molecule has 0 unspecified atom stereocenters. The minimum absolute atomic E-state index is 0.213. The molecule has 2 aromatic rings. The van der Waals surface area contributed by atoms with Crippen LogP contribution in [0.4, 0.5) is 0 Å². The first-order valence-corrected chi connectivity index (χ1v) is 4.61. The number of para-hydroxylation sites is 1. The lowest BCUT2D eigenvalue weighted by Gasteiger charge is -2.01. The Kier molecular flexibility index (Phi) is 2.09. The molecule has 0 aliphatic rings. The summed E-state index contributed by atoms with van der Waals surface area (Å²) in [7, 11) is 0. The molecule has 13 heavy (non-hydrogen) atoms. The largest absolute Gasteiger partial charge is 0.279 e. The molecule has 0 spiro atoms. The molecule has 1 aromatic heterocycles. The average Bonchev–Trinajstić information content (AvgIpc) is 2.12. The highest BCUT2D eigenvalue weighted by atomic mass is 79.9. The van der Waals surface area contributed by atoms with Crippen molar-refractivity contribution in [3.05, 3.63) is 39.8 Å². The number of nitrogens with zero attached hydrogens (tertiary/aromatic N) is 2. The number of aromatic nitrogens is 2. The van der Waals surface area contributed by atoms with Crippen molar-refractivity contribution in [2.75, 3.05) is 0 Å². The number of benzene rings is 1. The van der Waals surface area contributed by atoms with E-state index in [4.69, 9.17) is 11.6 Å². The molecule has 0 N–H and O–H groups in total. The van der Waals surface area contributed by atoms with Gasteiger partial charge in [-0.3, -0.25) is 4.79 Å². The van der Waals surface area contributed by atoms with Crippen LogP contribution in [0.1, 0.15) is 0 Å². The monoisotopic (exact) mass is 258 g/mol. The SMILES string of the molecule is O=c1cnc2c(Cl)cccc2n1Br. The van der Waals surface area contributed by atoms with Gasteiger partial charge in [0.15, 0.2) is 0 Å². The highest BCUT2D eigenvalue weighted by molar-refractivity contribution is 9.08. The summed E-state index contributed by atoms with van der Waals surface area (Å²) >= 11 is 9.00. The van der Waals surface area contributed by atoms with E-state index in [1.54, 1.807) is 18.2 Å². The number of rotatable bonds is 0. The Hall–Kier alpha value is -0.870. The van der Waals surface area contributed by atoms with E-state index in [0.29, 0.717) is 16.1 Å². The third kappa shape index (κ3) is 1.36. The van der Waals surface area contributed by atoms with Gasteiger partial charge in [0.2, 0.25) is 0 Å². The third-order valence-corrected chi connectivity index (χ3v) is 2.71. The second kappa shape index (κ2) is 3.12. The normalized spacial score (nSPS) is 10.6. The molecule has 0 saturated heterocycles. The molecule has 0 fully saturated rings. The number of hydrogen-bond acceptors (Lipinski definition) is 2. The minimum Gasteiger partial charge on any atom is -0.267 e. The summed E-state index contributed by atoms with van der Waals surface area (Å²) < 4.78 is 1.33. The first-order chi connectivity index (χ1) is 6.20. The van der Waals surface area contributed by atoms with Crippen molar-refractivity contribution in [1.29, 1.82) is 0 Å². The van der Waals surface area contributed by atoms with Crippen molar-refractivity contribution >= 4 is 38.8 Å². The fraction of sp³-hybridized carbons (Fsp3) is 0. The Morgan fingerprint density at radius 1 is 1.46 bits per heavy atom. The Labute approximate surface area is 87.3 Å². The van der Waals surface area contributed by atoms with Gasteiger partial charge in [0.1, 0.15) is 5.52 Å². The summed E-state index contributed by atoms with van der Waals surface area (Å²) in [6.07, 6.45) is 1.23. The van der Waals surface area contributed by atoms with Gasteiger partial charge < -0.3 is 0 Å². The van der Waals surface area contributed by atoms with E-state index in [9.17, 15) is 4.79 Å². The van der Waals surface area contributed by atoms with E-state index in [0.717, 1.165) is 0 Å². The molecule has 0 aliphatic heterocycles. The Bertz CT molecular complexity index is 523. The summed E-state index contributed by atoms with van der Waals surface area (Å²) in [4.78, 5) is 15.1. The molecule has 0 bridgehead atoms. The van der Waals surface area contributed by atoms with Crippen LogP contribution in [0.3, 0.4) is 0 Å². The van der Waals surface area contributed by atoms with Gasteiger partial charge in [0, 0.05) is 0 Å². The Balaban J connectivity index is 3.03. The minimum atomic E-state index is -0.213. The van der Waals surface area contributed by atoms with Crippen LogP contribution >= 0.6 is 27.7 Å². The van der Waals surface area contributed by atoms with E-state index in [1.807, 2.05) is 0 Å². The van der Waals surface area contributed by atoms with Crippen LogP contribution in [0.15, 0.2) is 29.2 Å².